The van der Waals surface area contributed by atoms with Crippen molar-refractivity contribution in [2.45, 2.75) is 5.75 Å². The quantitative estimate of drug-likeness (QED) is 0.733. The van der Waals surface area contributed by atoms with Crippen LogP contribution >= 0.6 is 23.1 Å². The number of benzene rings is 1. The minimum absolute atomic E-state index is 0.0504. The standard InChI is InChI=1S/C16H14N2O2S2/c19-15(11-21-9-13-7-4-8-20-13)18-16-17-14(10-22-16)12-5-2-1-3-6-12/h1-8,10H,9,11H2,(H,17,18,19). The second-order valence-corrected chi connectivity index (χ2v) is 6.37. The number of thioether (sulfide) groups is 1. The normalized spacial score (nSPS) is 10.5. The lowest BCUT2D eigenvalue weighted by atomic mass is 10.2. The maximum absolute atomic E-state index is 11.9. The molecule has 0 fully saturated rings. The number of nitrogens with one attached hydrogen (secondary N) is 1. The lowest BCUT2D eigenvalue weighted by Gasteiger charge is -2.01. The van der Waals surface area contributed by atoms with Crippen molar-refractivity contribution < 1.29 is 9.21 Å². The number of anilines is 1. The molecule has 2 aromatic heterocycles. The highest BCUT2D eigenvalue weighted by atomic mass is 32.2. The third-order valence-electron chi connectivity index (χ3n) is 2.88. The fourth-order valence-electron chi connectivity index (χ4n) is 1.87. The van der Waals surface area contributed by atoms with Gasteiger partial charge in [-0.05, 0) is 12.1 Å². The van der Waals surface area contributed by atoms with Crippen LogP contribution in [-0.4, -0.2) is 16.6 Å². The van der Waals surface area contributed by atoms with Crippen LogP contribution in [0.4, 0.5) is 5.13 Å². The highest BCUT2D eigenvalue weighted by molar-refractivity contribution is 7.99. The van der Waals surface area contributed by atoms with Crippen molar-refractivity contribution in [3.8, 4) is 11.3 Å². The van der Waals surface area contributed by atoms with Crippen LogP contribution in [0.15, 0.2) is 58.5 Å². The molecule has 0 aliphatic rings. The van der Waals surface area contributed by atoms with Gasteiger partial charge in [-0.15, -0.1) is 23.1 Å². The number of hydrogen-bond donors (Lipinski definition) is 1. The minimum Gasteiger partial charge on any atom is -0.468 e. The van der Waals surface area contributed by atoms with Crippen molar-refractivity contribution in [2.24, 2.45) is 0 Å². The third-order valence-corrected chi connectivity index (χ3v) is 4.59. The third kappa shape index (κ3) is 3.99. The van der Waals surface area contributed by atoms with Gasteiger partial charge in [-0.3, -0.25) is 4.79 Å². The van der Waals surface area contributed by atoms with Gasteiger partial charge in [0.1, 0.15) is 5.76 Å². The molecule has 3 rings (SSSR count). The largest absolute Gasteiger partial charge is 0.468 e. The van der Waals surface area contributed by atoms with E-state index in [-0.39, 0.29) is 5.91 Å². The van der Waals surface area contributed by atoms with Crippen LogP contribution in [0.1, 0.15) is 5.76 Å². The van der Waals surface area contributed by atoms with Crippen molar-refractivity contribution in [3.63, 3.8) is 0 Å². The second kappa shape index (κ2) is 7.29. The molecule has 0 saturated carbocycles. The van der Waals surface area contributed by atoms with Crippen LogP contribution in [0.2, 0.25) is 0 Å². The fraction of sp³-hybridized carbons (Fsp3) is 0.125. The number of furan rings is 1. The van der Waals surface area contributed by atoms with Crippen molar-refractivity contribution in [2.75, 3.05) is 11.1 Å². The minimum atomic E-state index is -0.0504. The molecule has 1 aromatic carbocycles. The van der Waals surface area contributed by atoms with Gasteiger partial charge in [0, 0.05) is 10.9 Å². The first-order chi connectivity index (χ1) is 10.8. The van der Waals surface area contributed by atoms with Crippen molar-refractivity contribution in [3.05, 3.63) is 59.9 Å². The summed E-state index contributed by atoms with van der Waals surface area (Å²) in [7, 11) is 0. The summed E-state index contributed by atoms with van der Waals surface area (Å²) in [6, 6.07) is 13.7. The molecule has 0 saturated heterocycles. The van der Waals surface area contributed by atoms with E-state index < -0.39 is 0 Å². The van der Waals surface area contributed by atoms with E-state index in [1.165, 1.54) is 23.1 Å². The first-order valence-corrected chi connectivity index (χ1v) is 8.75. The first-order valence-electron chi connectivity index (χ1n) is 6.72. The summed E-state index contributed by atoms with van der Waals surface area (Å²) in [5.74, 6) is 1.89. The number of rotatable bonds is 6. The van der Waals surface area contributed by atoms with Crippen LogP contribution in [0.3, 0.4) is 0 Å². The average Bonchev–Trinajstić information content (AvgIpc) is 3.20. The molecular formula is C16H14N2O2S2. The van der Waals surface area contributed by atoms with Crippen molar-refractivity contribution in [1.82, 2.24) is 4.98 Å². The van der Waals surface area contributed by atoms with Gasteiger partial charge in [-0.2, -0.15) is 0 Å². The summed E-state index contributed by atoms with van der Waals surface area (Å²) >= 11 is 2.95. The van der Waals surface area contributed by atoms with Gasteiger partial charge in [-0.25, -0.2) is 4.98 Å². The Balaban J connectivity index is 1.50. The molecule has 22 heavy (non-hydrogen) atoms. The van der Waals surface area contributed by atoms with Gasteiger partial charge < -0.3 is 9.73 Å². The molecule has 0 bridgehead atoms. The van der Waals surface area contributed by atoms with Gasteiger partial charge in [0.15, 0.2) is 5.13 Å². The molecular weight excluding hydrogens is 316 g/mol. The van der Waals surface area contributed by atoms with Gasteiger partial charge in [0.2, 0.25) is 5.91 Å². The SMILES string of the molecule is O=C(CSCc1ccco1)Nc1nc(-c2ccccc2)cs1. The molecule has 4 nitrogen and oxygen atoms in total. The average molecular weight is 330 g/mol. The molecule has 6 heteroatoms. The molecule has 0 unspecified atom stereocenters. The lowest BCUT2D eigenvalue weighted by molar-refractivity contribution is -0.113. The molecule has 0 aliphatic heterocycles. The zero-order chi connectivity index (χ0) is 15.2. The lowest BCUT2D eigenvalue weighted by Crippen LogP contribution is -2.13. The zero-order valence-electron chi connectivity index (χ0n) is 11.7. The maximum atomic E-state index is 11.9. The summed E-state index contributed by atoms with van der Waals surface area (Å²) < 4.78 is 5.22. The Kier molecular flexibility index (Phi) is 4.92. The van der Waals surface area contributed by atoms with E-state index in [1.807, 2.05) is 47.8 Å². The molecule has 2 heterocycles. The Labute approximate surface area is 136 Å². The molecule has 112 valence electrons. The van der Waals surface area contributed by atoms with Crippen molar-refractivity contribution in [1.29, 1.82) is 0 Å². The summed E-state index contributed by atoms with van der Waals surface area (Å²) in [4.78, 5) is 16.3. The van der Waals surface area contributed by atoms with Gasteiger partial charge in [0.05, 0.1) is 23.5 Å². The van der Waals surface area contributed by atoms with Crippen LogP contribution in [-0.2, 0) is 10.5 Å². The number of thiazole rings is 1. The maximum Gasteiger partial charge on any atom is 0.236 e. The van der Waals surface area contributed by atoms with E-state index in [1.54, 1.807) is 6.26 Å². The number of nitrogens with zero attached hydrogens (tertiary/aromatic N) is 1. The number of amides is 1. The molecule has 1 N–H and O–H groups in total. The van der Waals surface area contributed by atoms with E-state index in [0.717, 1.165) is 17.0 Å². The summed E-state index contributed by atoms with van der Waals surface area (Å²) in [5.41, 5.74) is 1.93. The Morgan fingerprint density at radius 3 is 2.86 bits per heavy atom. The van der Waals surface area contributed by atoms with E-state index in [0.29, 0.717) is 16.6 Å². The second-order valence-electron chi connectivity index (χ2n) is 4.52. The van der Waals surface area contributed by atoms with Crippen LogP contribution in [0.5, 0.6) is 0 Å². The van der Waals surface area contributed by atoms with E-state index in [4.69, 9.17) is 4.42 Å². The monoisotopic (exact) mass is 330 g/mol. The van der Waals surface area contributed by atoms with Gasteiger partial charge >= 0.3 is 0 Å². The molecule has 3 aromatic rings. The zero-order valence-corrected chi connectivity index (χ0v) is 13.3. The topological polar surface area (TPSA) is 55.1 Å². The first kappa shape index (κ1) is 14.9. The van der Waals surface area contributed by atoms with E-state index in [2.05, 4.69) is 10.3 Å². The highest BCUT2D eigenvalue weighted by Crippen LogP contribution is 2.24. The predicted molar refractivity (Wildman–Crippen MR) is 91.0 cm³/mol. The molecule has 0 aliphatic carbocycles. The molecule has 0 spiro atoms. The Morgan fingerprint density at radius 2 is 2.09 bits per heavy atom. The van der Waals surface area contributed by atoms with Crippen LogP contribution < -0.4 is 5.32 Å². The van der Waals surface area contributed by atoms with Crippen molar-refractivity contribution >= 4 is 34.1 Å². The number of hydrogen-bond acceptors (Lipinski definition) is 5. The molecule has 0 atom stereocenters. The van der Waals surface area contributed by atoms with Gasteiger partial charge in [-0.1, -0.05) is 30.3 Å². The molecule has 0 radical (unpaired) electrons. The fourth-order valence-corrected chi connectivity index (χ4v) is 3.33. The van der Waals surface area contributed by atoms with Crippen LogP contribution in [0, 0.1) is 0 Å². The highest BCUT2D eigenvalue weighted by Gasteiger charge is 2.08. The Hall–Kier alpha value is -2.05. The van der Waals surface area contributed by atoms with E-state index >= 15 is 0 Å². The predicted octanol–water partition coefficient (Wildman–Crippen LogP) is 4.28. The summed E-state index contributed by atoms with van der Waals surface area (Å²) in [5, 5.41) is 5.40. The summed E-state index contributed by atoms with van der Waals surface area (Å²) in [6.45, 7) is 0. The van der Waals surface area contributed by atoms with Gasteiger partial charge in [0.25, 0.3) is 0 Å². The number of carbonyl (C=O) groups excluding carboxylic acids is 1. The van der Waals surface area contributed by atoms with E-state index in [9.17, 15) is 4.79 Å². The molecule has 1 amide bonds. The smallest absolute Gasteiger partial charge is 0.236 e. The Morgan fingerprint density at radius 1 is 1.23 bits per heavy atom. The summed E-state index contributed by atoms with van der Waals surface area (Å²) in [6.07, 6.45) is 1.64. The number of carbonyl (C=O) groups is 1. The van der Waals surface area contributed by atoms with Crippen LogP contribution in [0.25, 0.3) is 11.3 Å². The Bertz CT molecular complexity index is 724. The number of aromatic nitrogens is 1.